The number of nitrogens with one attached hydrogen (secondary N) is 1. The average Bonchev–Trinajstić information content (AvgIpc) is 2.46. The van der Waals surface area contributed by atoms with Gasteiger partial charge >= 0.3 is 5.97 Å². The van der Waals surface area contributed by atoms with Crippen LogP contribution in [0.5, 0.6) is 5.88 Å². The van der Waals surface area contributed by atoms with Gasteiger partial charge in [-0.2, -0.15) is 4.98 Å². The third-order valence-corrected chi connectivity index (χ3v) is 3.69. The van der Waals surface area contributed by atoms with Crippen molar-refractivity contribution in [2.75, 3.05) is 12.4 Å². The van der Waals surface area contributed by atoms with Crippen LogP contribution >= 0.6 is 0 Å². The minimum atomic E-state index is -0.919. The van der Waals surface area contributed by atoms with Crippen molar-refractivity contribution in [2.24, 2.45) is 11.8 Å². The number of carbonyl (C=O) groups is 2. The molecule has 0 unspecified atom stereocenters. The molecule has 1 aromatic rings. The van der Waals surface area contributed by atoms with Gasteiger partial charge in [0, 0.05) is 11.8 Å². The molecule has 2 atom stereocenters. The van der Waals surface area contributed by atoms with E-state index in [4.69, 9.17) is 4.74 Å². The summed E-state index contributed by atoms with van der Waals surface area (Å²) < 4.78 is 5.03. The number of carbonyl (C=O) groups excluding carboxylic acids is 1. The Morgan fingerprint density at radius 2 is 1.95 bits per heavy atom. The van der Waals surface area contributed by atoms with Crippen molar-refractivity contribution < 1.29 is 19.4 Å². The SMILES string of the molecule is COc1cc(C)nc(NC(=O)[C@@H]2CCCC[C@@H]2C(=O)O)n1. The number of aliphatic carboxylic acids is 1. The highest BCUT2D eigenvalue weighted by Gasteiger charge is 2.36. The molecule has 0 saturated heterocycles. The van der Waals surface area contributed by atoms with Gasteiger partial charge in [-0.1, -0.05) is 12.8 Å². The van der Waals surface area contributed by atoms with Crippen LogP contribution in [-0.4, -0.2) is 34.1 Å². The molecular formula is C14H19N3O4. The number of hydrogen-bond acceptors (Lipinski definition) is 5. The minimum absolute atomic E-state index is 0.145. The summed E-state index contributed by atoms with van der Waals surface area (Å²) in [6.07, 6.45) is 2.81. The third kappa shape index (κ3) is 3.68. The summed E-state index contributed by atoms with van der Waals surface area (Å²) >= 11 is 0. The summed E-state index contributed by atoms with van der Waals surface area (Å²) in [6, 6.07) is 1.65. The highest BCUT2D eigenvalue weighted by molar-refractivity contribution is 5.93. The summed E-state index contributed by atoms with van der Waals surface area (Å²) in [5, 5.41) is 11.8. The number of nitrogens with zero attached hydrogens (tertiary/aromatic N) is 2. The van der Waals surface area contributed by atoms with Gasteiger partial charge in [-0.05, 0) is 19.8 Å². The standard InChI is InChI=1S/C14H19N3O4/c1-8-7-11(21-2)16-14(15-8)17-12(18)9-5-3-4-6-10(9)13(19)20/h7,9-10H,3-6H2,1-2H3,(H,19,20)(H,15,16,17,18)/t9-,10+/m1/s1. The number of hydrogen-bond donors (Lipinski definition) is 2. The van der Waals surface area contributed by atoms with E-state index in [0.29, 0.717) is 24.4 Å². The predicted molar refractivity (Wildman–Crippen MR) is 75.0 cm³/mol. The fourth-order valence-electron chi connectivity index (χ4n) is 2.64. The van der Waals surface area contributed by atoms with Crippen molar-refractivity contribution >= 4 is 17.8 Å². The lowest BCUT2D eigenvalue weighted by atomic mass is 9.79. The summed E-state index contributed by atoms with van der Waals surface area (Å²) in [4.78, 5) is 31.7. The number of methoxy groups -OCH3 is 1. The molecule has 7 heteroatoms. The second-order valence-corrected chi connectivity index (χ2v) is 5.20. The third-order valence-electron chi connectivity index (χ3n) is 3.69. The number of aryl methyl sites for hydroxylation is 1. The molecule has 1 aromatic heterocycles. The first-order valence-corrected chi connectivity index (χ1v) is 6.94. The van der Waals surface area contributed by atoms with Crippen LogP contribution in [0.4, 0.5) is 5.95 Å². The van der Waals surface area contributed by atoms with Crippen molar-refractivity contribution in [3.63, 3.8) is 0 Å². The minimum Gasteiger partial charge on any atom is -0.481 e. The van der Waals surface area contributed by atoms with Gasteiger partial charge in [0.15, 0.2) is 0 Å². The van der Waals surface area contributed by atoms with E-state index in [2.05, 4.69) is 15.3 Å². The lowest BCUT2D eigenvalue weighted by Gasteiger charge is -2.27. The van der Waals surface area contributed by atoms with Crippen LogP contribution in [0.1, 0.15) is 31.4 Å². The molecule has 7 nitrogen and oxygen atoms in total. The van der Waals surface area contributed by atoms with Gasteiger partial charge in [-0.25, -0.2) is 4.98 Å². The molecule has 0 bridgehead atoms. The van der Waals surface area contributed by atoms with Crippen LogP contribution in [0.25, 0.3) is 0 Å². The molecular weight excluding hydrogens is 274 g/mol. The van der Waals surface area contributed by atoms with Gasteiger partial charge in [0.1, 0.15) is 0 Å². The number of rotatable bonds is 4. The highest BCUT2D eigenvalue weighted by Crippen LogP contribution is 2.31. The summed E-state index contributed by atoms with van der Waals surface area (Å²) in [6.45, 7) is 1.76. The van der Waals surface area contributed by atoms with Gasteiger partial charge in [0.25, 0.3) is 0 Å². The zero-order valence-corrected chi connectivity index (χ0v) is 12.1. The Balaban J connectivity index is 2.13. The largest absolute Gasteiger partial charge is 0.481 e. The Morgan fingerprint density at radius 3 is 2.57 bits per heavy atom. The molecule has 1 aliphatic carbocycles. The van der Waals surface area contributed by atoms with E-state index in [0.717, 1.165) is 12.8 Å². The van der Waals surface area contributed by atoms with E-state index < -0.39 is 17.8 Å². The van der Waals surface area contributed by atoms with Crippen LogP contribution in [0, 0.1) is 18.8 Å². The molecule has 1 aliphatic rings. The number of carboxylic acid groups (broad SMARTS) is 1. The van der Waals surface area contributed by atoms with Crippen molar-refractivity contribution in [3.05, 3.63) is 11.8 Å². The maximum absolute atomic E-state index is 12.3. The maximum Gasteiger partial charge on any atom is 0.307 e. The molecule has 1 saturated carbocycles. The van der Waals surface area contributed by atoms with Crippen LogP contribution in [0.15, 0.2) is 6.07 Å². The Morgan fingerprint density at radius 1 is 1.29 bits per heavy atom. The van der Waals surface area contributed by atoms with E-state index in [9.17, 15) is 14.7 Å². The van der Waals surface area contributed by atoms with Gasteiger partial charge in [-0.3, -0.25) is 14.9 Å². The molecule has 0 spiro atoms. The molecule has 2 N–H and O–H groups in total. The van der Waals surface area contributed by atoms with Crippen molar-refractivity contribution in [2.45, 2.75) is 32.6 Å². The van der Waals surface area contributed by atoms with E-state index in [-0.39, 0.29) is 11.9 Å². The van der Waals surface area contributed by atoms with Gasteiger partial charge < -0.3 is 9.84 Å². The molecule has 0 aromatic carbocycles. The Bertz CT molecular complexity index is 547. The van der Waals surface area contributed by atoms with Crippen molar-refractivity contribution in [1.29, 1.82) is 0 Å². The van der Waals surface area contributed by atoms with Gasteiger partial charge in [-0.15, -0.1) is 0 Å². The zero-order chi connectivity index (χ0) is 15.4. The summed E-state index contributed by atoms with van der Waals surface area (Å²) in [5.41, 5.74) is 0.663. The summed E-state index contributed by atoms with van der Waals surface area (Å²) in [5.74, 6) is -1.92. The lowest BCUT2D eigenvalue weighted by Crippen LogP contribution is -2.36. The predicted octanol–water partition coefficient (Wildman–Crippen LogP) is 1.62. The Labute approximate surface area is 122 Å². The maximum atomic E-state index is 12.3. The Kier molecular flexibility index (Phi) is 4.72. The normalized spacial score (nSPS) is 21.6. The van der Waals surface area contributed by atoms with Crippen molar-refractivity contribution in [3.8, 4) is 5.88 Å². The topological polar surface area (TPSA) is 101 Å². The van der Waals surface area contributed by atoms with Crippen LogP contribution in [0.2, 0.25) is 0 Å². The Hall–Kier alpha value is -2.18. The molecule has 0 radical (unpaired) electrons. The smallest absolute Gasteiger partial charge is 0.307 e. The van der Waals surface area contributed by atoms with Gasteiger partial charge in [0.2, 0.25) is 17.7 Å². The average molecular weight is 293 g/mol. The molecule has 1 amide bonds. The van der Waals surface area contributed by atoms with Crippen molar-refractivity contribution in [1.82, 2.24) is 9.97 Å². The second kappa shape index (κ2) is 6.51. The first-order valence-electron chi connectivity index (χ1n) is 6.94. The number of ether oxygens (including phenoxy) is 1. The first kappa shape index (κ1) is 15.2. The lowest BCUT2D eigenvalue weighted by molar-refractivity contribution is -0.147. The van der Waals surface area contributed by atoms with Crippen LogP contribution in [-0.2, 0) is 9.59 Å². The van der Waals surface area contributed by atoms with E-state index in [1.54, 1.807) is 13.0 Å². The number of carboxylic acids is 1. The van der Waals surface area contributed by atoms with Gasteiger partial charge in [0.05, 0.1) is 18.9 Å². The molecule has 1 fully saturated rings. The van der Waals surface area contributed by atoms with Crippen LogP contribution < -0.4 is 10.1 Å². The molecule has 114 valence electrons. The molecule has 0 aliphatic heterocycles. The van der Waals surface area contributed by atoms with E-state index in [1.165, 1.54) is 7.11 Å². The first-order chi connectivity index (χ1) is 10.0. The monoisotopic (exact) mass is 293 g/mol. The fourth-order valence-corrected chi connectivity index (χ4v) is 2.64. The highest BCUT2D eigenvalue weighted by atomic mass is 16.5. The zero-order valence-electron chi connectivity index (χ0n) is 12.1. The fraction of sp³-hybridized carbons (Fsp3) is 0.571. The van der Waals surface area contributed by atoms with E-state index in [1.807, 2.05) is 0 Å². The second-order valence-electron chi connectivity index (χ2n) is 5.20. The number of anilines is 1. The summed E-state index contributed by atoms with van der Waals surface area (Å²) in [7, 11) is 1.48. The van der Waals surface area contributed by atoms with E-state index >= 15 is 0 Å². The quantitative estimate of drug-likeness (QED) is 0.874. The molecule has 21 heavy (non-hydrogen) atoms. The molecule has 2 rings (SSSR count). The molecule has 1 heterocycles. The van der Waals surface area contributed by atoms with Crippen LogP contribution in [0.3, 0.4) is 0 Å². The number of amides is 1. The number of aromatic nitrogens is 2.